The Morgan fingerprint density at radius 3 is 2.20 bits per heavy atom. The van der Waals surface area contributed by atoms with Gasteiger partial charge in [-0.3, -0.25) is 11.3 Å². The molecule has 0 radical (unpaired) electrons. The number of benzene rings is 1. The Hall–Kier alpha value is -0.130. The summed E-state index contributed by atoms with van der Waals surface area (Å²) in [4.78, 5) is 0. The molecule has 0 bridgehead atoms. The first-order valence-corrected chi connectivity index (χ1v) is 9.08. The molecule has 0 aliphatic heterocycles. The summed E-state index contributed by atoms with van der Waals surface area (Å²) in [6.45, 7) is 2.27. The van der Waals surface area contributed by atoms with E-state index in [0.29, 0.717) is 6.04 Å². The Labute approximate surface area is 138 Å². The van der Waals surface area contributed by atoms with Crippen LogP contribution in [-0.2, 0) is 0 Å². The smallest absolute Gasteiger partial charge is 0.0470 e. The van der Waals surface area contributed by atoms with Gasteiger partial charge in [-0.2, -0.15) is 0 Å². The molecule has 3 N–H and O–H groups in total. The maximum absolute atomic E-state index is 5.72. The minimum Gasteiger partial charge on any atom is -0.271 e. The molecule has 0 amide bonds. The molecule has 2 nitrogen and oxygen atoms in total. The standard InChI is InChI=1S/C17H29IN2/c1-2-3-4-5-6-7-8-9-14-17(20-19)15-12-10-11-13-16(15)18/h10-13,17,20H,2-9,14,19H2,1H3. The summed E-state index contributed by atoms with van der Waals surface area (Å²) in [6, 6.07) is 8.79. The van der Waals surface area contributed by atoms with Gasteiger partial charge in [0.15, 0.2) is 0 Å². The number of nitrogens with two attached hydrogens (primary N) is 1. The van der Waals surface area contributed by atoms with Crippen molar-refractivity contribution in [3.63, 3.8) is 0 Å². The molecular formula is C17H29IN2. The second-order valence-electron chi connectivity index (χ2n) is 5.50. The first-order valence-electron chi connectivity index (χ1n) is 8.00. The van der Waals surface area contributed by atoms with E-state index in [1.165, 1.54) is 60.5 Å². The van der Waals surface area contributed by atoms with E-state index in [1.54, 1.807) is 0 Å². The lowest BCUT2D eigenvalue weighted by atomic mass is 10.00. The van der Waals surface area contributed by atoms with Gasteiger partial charge in [-0.05, 0) is 40.6 Å². The number of nitrogens with one attached hydrogen (secondary N) is 1. The van der Waals surface area contributed by atoms with Crippen molar-refractivity contribution in [2.75, 3.05) is 0 Å². The molecule has 114 valence electrons. The minimum absolute atomic E-state index is 0.295. The molecule has 20 heavy (non-hydrogen) atoms. The molecule has 0 aromatic heterocycles. The van der Waals surface area contributed by atoms with Crippen molar-refractivity contribution in [1.82, 2.24) is 5.43 Å². The van der Waals surface area contributed by atoms with E-state index < -0.39 is 0 Å². The fourth-order valence-electron chi connectivity index (χ4n) is 2.57. The van der Waals surface area contributed by atoms with Gasteiger partial charge >= 0.3 is 0 Å². The zero-order valence-corrected chi connectivity index (χ0v) is 14.9. The maximum Gasteiger partial charge on any atom is 0.0470 e. The van der Waals surface area contributed by atoms with Crippen molar-refractivity contribution in [3.05, 3.63) is 33.4 Å². The highest BCUT2D eigenvalue weighted by Gasteiger charge is 2.11. The molecule has 0 saturated carbocycles. The molecular weight excluding hydrogens is 359 g/mol. The maximum atomic E-state index is 5.72. The molecule has 1 unspecified atom stereocenters. The van der Waals surface area contributed by atoms with Crippen LogP contribution < -0.4 is 11.3 Å². The lowest BCUT2D eigenvalue weighted by molar-refractivity contribution is 0.473. The number of halogens is 1. The van der Waals surface area contributed by atoms with Crippen LogP contribution >= 0.6 is 22.6 Å². The predicted molar refractivity (Wildman–Crippen MR) is 96.5 cm³/mol. The summed E-state index contributed by atoms with van der Waals surface area (Å²) in [5.74, 6) is 5.72. The van der Waals surface area contributed by atoms with Gasteiger partial charge in [-0.1, -0.05) is 76.5 Å². The Morgan fingerprint density at radius 1 is 1.00 bits per heavy atom. The molecule has 3 heteroatoms. The molecule has 1 atom stereocenters. The normalized spacial score (nSPS) is 12.6. The largest absolute Gasteiger partial charge is 0.271 e. The Morgan fingerprint density at radius 2 is 1.60 bits per heavy atom. The van der Waals surface area contributed by atoms with Crippen LogP contribution in [0.25, 0.3) is 0 Å². The van der Waals surface area contributed by atoms with E-state index in [0.717, 1.165) is 6.42 Å². The molecule has 0 heterocycles. The van der Waals surface area contributed by atoms with Crippen molar-refractivity contribution in [1.29, 1.82) is 0 Å². The highest BCUT2D eigenvalue weighted by molar-refractivity contribution is 14.1. The molecule has 1 aromatic carbocycles. The molecule has 1 aromatic rings. The summed E-state index contributed by atoms with van der Waals surface area (Å²) in [7, 11) is 0. The highest BCUT2D eigenvalue weighted by Crippen LogP contribution is 2.24. The molecule has 0 fully saturated rings. The number of hydrogen-bond acceptors (Lipinski definition) is 2. The van der Waals surface area contributed by atoms with E-state index in [1.807, 2.05) is 0 Å². The molecule has 0 aliphatic rings. The van der Waals surface area contributed by atoms with Gasteiger partial charge in [0.05, 0.1) is 0 Å². The Balaban J connectivity index is 2.18. The SMILES string of the molecule is CCCCCCCCCCC(NN)c1ccccc1I. The first kappa shape index (κ1) is 17.9. The molecule has 1 rings (SSSR count). The van der Waals surface area contributed by atoms with Crippen LogP contribution in [0.3, 0.4) is 0 Å². The average Bonchev–Trinajstić information content (AvgIpc) is 2.47. The van der Waals surface area contributed by atoms with Crippen molar-refractivity contribution >= 4 is 22.6 Å². The van der Waals surface area contributed by atoms with Crippen LogP contribution in [-0.4, -0.2) is 0 Å². The van der Waals surface area contributed by atoms with Crippen molar-refractivity contribution < 1.29 is 0 Å². The molecule has 0 spiro atoms. The predicted octanol–water partition coefficient (Wildman–Crippen LogP) is 5.33. The second-order valence-corrected chi connectivity index (χ2v) is 6.67. The zero-order chi connectivity index (χ0) is 14.6. The van der Waals surface area contributed by atoms with Gasteiger partial charge in [0.2, 0.25) is 0 Å². The van der Waals surface area contributed by atoms with Crippen LogP contribution in [0.4, 0.5) is 0 Å². The molecule has 0 saturated heterocycles. The number of unbranched alkanes of at least 4 members (excludes halogenated alkanes) is 7. The van der Waals surface area contributed by atoms with Gasteiger partial charge < -0.3 is 0 Å². The number of hydrazine groups is 1. The topological polar surface area (TPSA) is 38.0 Å². The third-order valence-electron chi connectivity index (χ3n) is 3.83. The fraction of sp³-hybridized carbons (Fsp3) is 0.647. The summed E-state index contributed by atoms with van der Waals surface area (Å²) in [6.07, 6.45) is 12.0. The lowest BCUT2D eigenvalue weighted by Gasteiger charge is -2.17. The van der Waals surface area contributed by atoms with Crippen molar-refractivity contribution in [2.24, 2.45) is 5.84 Å². The third-order valence-corrected chi connectivity index (χ3v) is 4.81. The van der Waals surface area contributed by atoms with Gasteiger partial charge in [0, 0.05) is 9.61 Å². The van der Waals surface area contributed by atoms with Crippen molar-refractivity contribution in [3.8, 4) is 0 Å². The lowest BCUT2D eigenvalue weighted by Crippen LogP contribution is -2.28. The number of hydrogen-bond donors (Lipinski definition) is 2. The highest BCUT2D eigenvalue weighted by atomic mass is 127. The van der Waals surface area contributed by atoms with E-state index >= 15 is 0 Å². The summed E-state index contributed by atoms with van der Waals surface area (Å²) in [5, 5.41) is 0. The summed E-state index contributed by atoms with van der Waals surface area (Å²) >= 11 is 2.39. The average molecular weight is 388 g/mol. The monoisotopic (exact) mass is 388 g/mol. The van der Waals surface area contributed by atoms with Gasteiger partial charge in [-0.25, -0.2) is 0 Å². The number of rotatable bonds is 11. The van der Waals surface area contributed by atoms with E-state index in [9.17, 15) is 0 Å². The molecule has 0 aliphatic carbocycles. The van der Waals surface area contributed by atoms with Crippen LogP contribution in [0.1, 0.15) is 76.3 Å². The van der Waals surface area contributed by atoms with Gasteiger partial charge in [-0.15, -0.1) is 0 Å². The quantitative estimate of drug-likeness (QED) is 0.233. The van der Waals surface area contributed by atoms with Gasteiger partial charge in [0.1, 0.15) is 0 Å². The minimum atomic E-state index is 0.295. The van der Waals surface area contributed by atoms with Crippen LogP contribution in [0.15, 0.2) is 24.3 Å². The zero-order valence-electron chi connectivity index (χ0n) is 12.7. The third kappa shape index (κ3) is 7.04. The Bertz CT molecular complexity index is 355. The second kappa shape index (κ2) is 11.5. The van der Waals surface area contributed by atoms with E-state index in [4.69, 9.17) is 5.84 Å². The summed E-state index contributed by atoms with van der Waals surface area (Å²) in [5.41, 5.74) is 4.31. The van der Waals surface area contributed by atoms with Crippen LogP contribution in [0, 0.1) is 3.57 Å². The Kier molecular flexibility index (Phi) is 10.3. The van der Waals surface area contributed by atoms with Crippen LogP contribution in [0.2, 0.25) is 0 Å². The summed E-state index contributed by atoms with van der Waals surface area (Å²) < 4.78 is 1.30. The van der Waals surface area contributed by atoms with E-state index in [-0.39, 0.29) is 0 Å². The van der Waals surface area contributed by atoms with Gasteiger partial charge in [0.25, 0.3) is 0 Å². The van der Waals surface area contributed by atoms with Crippen LogP contribution in [0.5, 0.6) is 0 Å². The van der Waals surface area contributed by atoms with E-state index in [2.05, 4.69) is 59.2 Å². The first-order chi connectivity index (χ1) is 9.79. The fourth-order valence-corrected chi connectivity index (χ4v) is 3.33. The van der Waals surface area contributed by atoms with Crippen molar-refractivity contribution in [2.45, 2.75) is 70.8 Å².